The van der Waals surface area contributed by atoms with E-state index in [1.165, 1.54) is 116 Å². The Morgan fingerprint density at radius 1 is 0.545 bits per heavy atom. The van der Waals surface area contributed by atoms with Crippen molar-refractivity contribution in [3.05, 3.63) is 36.5 Å². The van der Waals surface area contributed by atoms with Crippen molar-refractivity contribution in [3.63, 3.8) is 0 Å². The van der Waals surface area contributed by atoms with E-state index < -0.39 is 26.5 Å². The molecule has 9 nitrogen and oxygen atoms in total. The van der Waals surface area contributed by atoms with E-state index in [2.05, 4.69) is 50.3 Å². The molecule has 0 aromatic heterocycles. The molecule has 2 atom stereocenters. The monoisotopic (exact) mass is 798 g/mol. The van der Waals surface area contributed by atoms with Crippen molar-refractivity contribution in [2.24, 2.45) is 5.73 Å². The summed E-state index contributed by atoms with van der Waals surface area (Å²) >= 11 is 0. The van der Waals surface area contributed by atoms with E-state index in [-0.39, 0.29) is 38.6 Å². The van der Waals surface area contributed by atoms with E-state index in [0.717, 1.165) is 57.8 Å². The number of ether oxygens (including phenoxy) is 2. The van der Waals surface area contributed by atoms with Crippen molar-refractivity contribution in [1.82, 2.24) is 0 Å². The Hall–Kier alpha value is -1.77. The highest BCUT2D eigenvalue weighted by Crippen LogP contribution is 2.43. The molecular weight excluding hydrogens is 713 g/mol. The molecule has 0 fully saturated rings. The number of hydrogen-bond acceptors (Lipinski definition) is 8. The van der Waals surface area contributed by atoms with Crippen molar-refractivity contribution >= 4 is 19.8 Å². The van der Waals surface area contributed by atoms with Gasteiger partial charge in [-0.25, -0.2) is 4.57 Å². The fourth-order valence-electron chi connectivity index (χ4n) is 6.17. The number of unbranched alkanes of at least 4 members (excludes halogenated alkanes) is 23. The maximum Gasteiger partial charge on any atom is 0.472 e. The van der Waals surface area contributed by atoms with Gasteiger partial charge in [-0.2, -0.15) is 0 Å². The molecule has 0 aliphatic heterocycles. The highest BCUT2D eigenvalue weighted by atomic mass is 31.2. The van der Waals surface area contributed by atoms with Crippen molar-refractivity contribution in [2.45, 2.75) is 213 Å². The molecule has 2 unspecified atom stereocenters. The normalized spacial score (nSPS) is 13.6. The molecule has 0 heterocycles. The van der Waals surface area contributed by atoms with Gasteiger partial charge in [0.15, 0.2) is 6.10 Å². The van der Waals surface area contributed by atoms with Gasteiger partial charge in [-0.1, -0.05) is 179 Å². The Labute approximate surface area is 337 Å². The quantitative estimate of drug-likeness (QED) is 0.0268. The van der Waals surface area contributed by atoms with Crippen LogP contribution in [0.5, 0.6) is 0 Å². The van der Waals surface area contributed by atoms with Crippen LogP contribution in [-0.2, 0) is 32.7 Å². The van der Waals surface area contributed by atoms with E-state index >= 15 is 0 Å². The lowest BCUT2D eigenvalue weighted by Crippen LogP contribution is -2.29. The fourth-order valence-corrected chi connectivity index (χ4v) is 6.94. The molecule has 322 valence electrons. The molecule has 0 amide bonds. The molecule has 10 heteroatoms. The van der Waals surface area contributed by atoms with E-state index in [1.807, 2.05) is 0 Å². The number of rotatable bonds is 42. The Kier molecular flexibility index (Phi) is 40.5. The third-order valence-electron chi connectivity index (χ3n) is 9.53. The van der Waals surface area contributed by atoms with E-state index in [1.54, 1.807) is 0 Å². The number of esters is 2. The second-order valence-electron chi connectivity index (χ2n) is 14.9. The van der Waals surface area contributed by atoms with Gasteiger partial charge < -0.3 is 20.1 Å². The third-order valence-corrected chi connectivity index (χ3v) is 10.5. The summed E-state index contributed by atoms with van der Waals surface area (Å²) in [6.45, 7) is 3.70. The maximum absolute atomic E-state index is 12.6. The first kappa shape index (κ1) is 53.2. The third kappa shape index (κ3) is 41.7. The maximum atomic E-state index is 12.6. The number of phosphoric acid groups is 1. The molecule has 0 aliphatic carbocycles. The minimum absolute atomic E-state index is 0.0532. The number of carbonyl (C=O) groups is 2. The molecule has 0 saturated carbocycles. The molecular formula is C45H84NO8P. The highest BCUT2D eigenvalue weighted by molar-refractivity contribution is 7.47. The first-order valence-corrected chi connectivity index (χ1v) is 24.0. The smallest absolute Gasteiger partial charge is 0.462 e. The predicted molar refractivity (Wildman–Crippen MR) is 229 cm³/mol. The van der Waals surface area contributed by atoms with Crippen LogP contribution in [0.15, 0.2) is 36.5 Å². The summed E-state index contributed by atoms with van der Waals surface area (Å²) in [5.41, 5.74) is 5.34. The summed E-state index contributed by atoms with van der Waals surface area (Å²) < 4.78 is 32.7. The molecule has 0 aromatic rings. The van der Waals surface area contributed by atoms with Gasteiger partial charge in [-0.3, -0.25) is 18.6 Å². The van der Waals surface area contributed by atoms with Crippen LogP contribution in [0, 0.1) is 0 Å². The van der Waals surface area contributed by atoms with E-state index in [9.17, 15) is 19.0 Å². The molecule has 0 aliphatic rings. The van der Waals surface area contributed by atoms with Crippen LogP contribution in [0.2, 0.25) is 0 Å². The lowest BCUT2D eigenvalue weighted by atomic mass is 10.0. The number of nitrogens with two attached hydrogens (primary N) is 1. The van der Waals surface area contributed by atoms with Crippen LogP contribution in [0.4, 0.5) is 0 Å². The van der Waals surface area contributed by atoms with Crippen molar-refractivity contribution in [1.29, 1.82) is 0 Å². The standard InChI is InChI=1S/C45H84NO8P/c1-3-5-7-9-11-13-14-15-16-17-18-19-20-21-22-23-24-25-26-27-28-30-32-34-36-38-45(48)54-43(42-53-55(49,50)52-40-39-46)41-51-44(47)37-35-33-31-29-12-10-8-6-4-2/h14-15,17-18,20-21,43H,3-13,16,19,22-42,46H2,1-2H3,(H,49,50)/b15-14-,18-17-,21-20-. The molecule has 0 rings (SSSR count). The average molecular weight is 798 g/mol. The fraction of sp³-hybridized carbons (Fsp3) is 0.822. The summed E-state index contributed by atoms with van der Waals surface area (Å²) in [5.74, 6) is -0.832. The predicted octanol–water partition coefficient (Wildman–Crippen LogP) is 12.9. The minimum Gasteiger partial charge on any atom is -0.462 e. The van der Waals surface area contributed by atoms with Crippen molar-refractivity contribution < 1.29 is 37.6 Å². The number of hydrogen-bond donors (Lipinski definition) is 2. The zero-order valence-electron chi connectivity index (χ0n) is 35.4. The molecule has 55 heavy (non-hydrogen) atoms. The van der Waals surface area contributed by atoms with Gasteiger partial charge in [0.25, 0.3) is 0 Å². The topological polar surface area (TPSA) is 134 Å². The number of allylic oxidation sites excluding steroid dienone is 6. The number of phosphoric ester groups is 1. The van der Waals surface area contributed by atoms with Gasteiger partial charge in [0.1, 0.15) is 6.61 Å². The number of carbonyl (C=O) groups excluding carboxylic acids is 2. The Bertz CT molecular complexity index is 1000. The second kappa shape index (κ2) is 41.9. The van der Waals surface area contributed by atoms with Crippen LogP contribution in [0.1, 0.15) is 206 Å². The van der Waals surface area contributed by atoms with Gasteiger partial charge in [-0.05, 0) is 51.4 Å². The lowest BCUT2D eigenvalue weighted by molar-refractivity contribution is -0.161. The SMILES string of the molecule is CCCCCCC/C=C\C/C=C\C/C=C\CCCCCCCCCCCCC(=O)OC(COC(=O)CCCCCCCCCCC)COP(=O)(O)OCCN. The van der Waals surface area contributed by atoms with Gasteiger partial charge in [0, 0.05) is 19.4 Å². The molecule has 0 spiro atoms. The van der Waals surface area contributed by atoms with Gasteiger partial charge in [0.2, 0.25) is 0 Å². The van der Waals surface area contributed by atoms with Crippen LogP contribution >= 0.6 is 7.82 Å². The molecule has 0 radical (unpaired) electrons. The van der Waals surface area contributed by atoms with Crippen molar-refractivity contribution in [2.75, 3.05) is 26.4 Å². The van der Waals surface area contributed by atoms with Crippen molar-refractivity contribution in [3.8, 4) is 0 Å². The summed E-state index contributed by atoms with van der Waals surface area (Å²) in [6, 6.07) is 0. The zero-order valence-corrected chi connectivity index (χ0v) is 36.3. The summed E-state index contributed by atoms with van der Waals surface area (Å²) in [4.78, 5) is 34.8. The largest absolute Gasteiger partial charge is 0.472 e. The minimum atomic E-state index is -4.37. The van der Waals surface area contributed by atoms with E-state index in [4.69, 9.17) is 24.3 Å². The lowest BCUT2D eigenvalue weighted by Gasteiger charge is -2.19. The average Bonchev–Trinajstić information content (AvgIpc) is 3.17. The molecule has 0 saturated heterocycles. The summed E-state index contributed by atoms with van der Waals surface area (Å²) in [5, 5.41) is 0. The van der Waals surface area contributed by atoms with Crippen LogP contribution < -0.4 is 5.73 Å². The Balaban J connectivity index is 4.02. The molecule has 0 aromatic carbocycles. The van der Waals surface area contributed by atoms with Crippen LogP contribution in [0.25, 0.3) is 0 Å². The zero-order chi connectivity index (χ0) is 40.3. The molecule has 3 N–H and O–H groups in total. The first-order chi connectivity index (χ1) is 26.8. The summed E-state index contributed by atoms with van der Waals surface area (Å²) in [7, 11) is -4.37. The molecule has 0 bridgehead atoms. The van der Waals surface area contributed by atoms with Gasteiger partial charge in [-0.15, -0.1) is 0 Å². The Morgan fingerprint density at radius 3 is 1.40 bits per heavy atom. The first-order valence-electron chi connectivity index (χ1n) is 22.5. The Morgan fingerprint density at radius 2 is 0.945 bits per heavy atom. The van der Waals surface area contributed by atoms with E-state index in [0.29, 0.717) is 6.42 Å². The van der Waals surface area contributed by atoms with Crippen LogP contribution in [0.3, 0.4) is 0 Å². The second-order valence-corrected chi connectivity index (χ2v) is 16.4. The van der Waals surface area contributed by atoms with Gasteiger partial charge >= 0.3 is 19.8 Å². The van der Waals surface area contributed by atoms with Crippen LogP contribution in [-0.4, -0.2) is 49.3 Å². The highest BCUT2D eigenvalue weighted by Gasteiger charge is 2.26. The summed E-state index contributed by atoms with van der Waals surface area (Å²) in [6.07, 6.45) is 46.2. The van der Waals surface area contributed by atoms with Gasteiger partial charge in [0.05, 0.1) is 13.2 Å².